The fraction of sp³-hybridized carbons (Fsp3) is 0.417. The van der Waals surface area contributed by atoms with E-state index in [0.29, 0.717) is 12.8 Å². The summed E-state index contributed by atoms with van der Waals surface area (Å²) >= 11 is 5.57. The number of hydrogen-bond acceptors (Lipinski definition) is 1. The van der Waals surface area contributed by atoms with Crippen molar-refractivity contribution in [3.63, 3.8) is 0 Å². The second kappa shape index (κ2) is 5.26. The molecule has 0 saturated heterocycles. The minimum absolute atomic E-state index is 0.0597. The molecule has 0 saturated carbocycles. The number of hydrogen-bond donors (Lipinski definition) is 0. The summed E-state index contributed by atoms with van der Waals surface area (Å²) in [5.74, 6) is -0.286. The van der Waals surface area contributed by atoms with Gasteiger partial charge in [-0.25, -0.2) is 4.39 Å². The number of halogens is 2. The largest absolute Gasteiger partial charge is 0.299 e. The number of ketones is 1. The van der Waals surface area contributed by atoms with Crippen LogP contribution in [0.4, 0.5) is 4.39 Å². The maximum Gasteiger partial charge on any atom is 0.142 e. The molecule has 1 rings (SSSR count). The molecule has 82 valence electrons. The SMILES string of the molecule is CCC(=O)C(C)Cc1ccc(Cl)c(F)c1. The normalized spacial score (nSPS) is 12.5. The third-order valence-corrected chi connectivity index (χ3v) is 2.73. The molecule has 0 bridgehead atoms. The van der Waals surface area contributed by atoms with Crippen LogP contribution >= 0.6 is 11.6 Å². The van der Waals surface area contributed by atoms with Crippen molar-refractivity contribution in [2.75, 3.05) is 0 Å². The Morgan fingerprint density at radius 1 is 1.53 bits per heavy atom. The van der Waals surface area contributed by atoms with E-state index in [0.717, 1.165) is 5.56 Å². The minimum atomic E-state index is -0.426. The summed E-state index contributed by atoms with van der Waals surface area (Å²) in [5, 5.41) is 0.119. The summed E-state index contributed by atoms with van der Waals surface area (Å²) in [6.45, 7) is 3.69. The number of carbonyl (C=O) groups excluding carboxylic acids is 1. The van der Waals surface area contributed by atoms with Crippen LogP contribution < -0.4 is 0 Å². The topological polar surface area (TPSA) is 17.1 Å². The highest BCUT2D eigenvalue weighted by atomic mass is 35.5. The smallest absolute Gasteiger partial charge is 0.142 e. The summed E-state index contributed by atoms with van der Waals surface area (Å²) in [6.07, 6.45) is 1.10. The molecule has 1 atom stereocenters. The summed E-state index contributed by atoms with van der Waals surface area (Å²) in [5.41, 5.74) is 0.811. The zero-order valence-corrected chi connectivity index (χ0v) is 9.64. The van der Waals surface area contributed by atoms with Crippen LogP contribution in [-0.2, 0) is 11.2 Å². The molecule has 0 aliphatic carbocycles. The summed E-state index contributed by atoms with van der Waals surface area (Å²) in [6, 6.07) is 4.67. The molecule has 0 N–H and O–H groups in total. The minimum Gasteiger partial charge on any atom is -0.299 e. The second-order valence-corrected chi connectivity index (χ2v) is 4.08. The van der Waals surface area contributed by atoms with E-state index < -0.39 is 5.82 Å². The Labute approximate surface area is 94.3 Å². The molecule has 3 heteroatoms. The molecule has 1 nitrogen and oxygen atoms in total. The van der Waals surface area contributed by atoms with Crippen molar-refractivity contribution in [2.45, 2.75) is 26.7 Å². The Kier molecular flexibility index (Phi) is 4.28. The molecule has 1 unspecified atom stereocenters. The molecule has 1 aromatic carbocycles. The van der Waals surface area contributed by atoms with Crippen LogP contribution in [0.15, 0.2) is 18.2 Å². The van der Waals surface area contributed by atoms with Gasteiger partial charge in [0.05, 0.1) is 5.02 Å². The molecule has 15 heavy (non-hydrogen) atoms. The van der Waals surface area contributed by atoms with Gasteiger partial charge in [0.25, 0.3) is 0 Å². The van der Waals surface area contributed by atoms with E-state index in [4.69, 9.17) is 11.6 Å². The van der Waals surface area contributed by atoms with E-state index in [1.807, 2.05) is 13.8 Å². The highest BCUT2D eigenvalue weighted by Crippen LogP contribution is 2.18. The lowest BCUT2D eigenvalue weighted by molar-refractivity contribution is -0.122. The van der Waals surface area contributed by atoms with Crippen molar-refractivity contribution < 1.29 is 9.18 Å². The Morgan fingerprint density at radius 2 is 2.20 bits per heavy atom. The van der Waals surface area contributed by atoms with Crippen LogP contribution in [-0.4, -0.2) is 5.78 Å². The summed E-state index contributed by atoms with van der Waals surface area (Å²) in [7, 11) is 0. The lowest BCUT2D eigenvalue weighted by Crippen LogP contribution is -2.12. The molecule has 0 aliphatic rings. The van der Waals surface area contributed by atoms with Gasteiger partial charge in [-0.3, -0.25) is 4.79 Å². The van der Waals surface area contributed by atoms with Crippen LogP contribution in [0.5, 0.6) is 0 Å². The van der Waals surface area contributed by atoms with Gasteiger partial charge in [-0.2, -0.15) is 0 Å². The van der Waals surface area contributed by atoms with Crippen molar-refractivity contribution >= 4 is 17.4 Å². The highest BCUT2D eigenvalue weighted by Gasteiger charge is 2.12. The second-order valence-electron chi connectivity index (χ2n) is 3.67. The maximum absolute atomic E-state index is 13.1. The number of Topliss-reactive ketones (excluding diaryl/α,β-unsaturated/α-hetero) is 1. The van der Waals surface area contributed by atoms with Crippen molar-refractivity contribution in [3.05, 3.63) is 34.6 Å². The third-order valence-electron chi connectivity index (χ3n) is 2.42. The molecule has 0 heterocycles. The van der Waals surface area contributed by atoms with E-state index in [1.165, 1.54) is 12.1 Å². The van der Waals surface area contributed by atoms with Gasteiger partial charge in [-0.1, -0.05) is 31.5 Å². The molecule has 0 aromatic heterocycles. The Hall–Kier alpha value is -0.890. The van der Waals surface area contributed by atoms with Crippen LogP contribution in [0.2, 0.25) is 5.02 Å². The summed E-state index contributed by atoms with van der Waals surface area (Å²) < 4.78 is 13.1. The van der Waals surface area contributed by atoms with E-state index in [-0.39, 0.29) is 16.7 Å². The average molecular weight is 229 g/mol. The first-order valence-corrected chi connectivity index (χ1v) is 5.39. The quantitative estimate of drug-likeness (QED) is 0.769. The molecular formula is C12H14ClFO. The van der Waals surface area contributed by atoms with Gasteiger partial charge >= 0.3 is 0 Å². The Balaban J connectivity index is 2.73. The van der Waals surface area contributed by atoms with Crippen molar-refractivity contribution in [2.24, 2.45) is 5.92 Å². The highest BCUT2D eigenvalue weighted by molar-refractivity contribution is 6.30. The number of benzene rings is 1. The van der Waals surface area contributed by atoms with Gasteiger partial charge in [0.15, 0.2) is 0 Å². The van der Waals surface area contributed by atoms with Gasteiger partial charge in [0, 0.05) is 12.3 Å². The predicted octanol–water partition coefficient (Wildman–Crippen LogP) is 3.64. The first-order valence-electron chi connectivity index (χ1n) is 5.01. The van der Waals surface area contributed by atoms with E-state index in [1.54, 1.807) is 6.07 Å². The molecule has 0 amide bonds. The first kappa shape index (κ1) is 12.2. The predicted molar refractivity (Wildman–Crippen MR) is 59.6 cm³/mol. The number of carbonyl (C=O) groups is 1. The van der Waals surface area contributed by atoms with Gasteiger partial charge in [-0.05, 0) is 24.1 Å². The lowest BCUT2D eigenvalue weighted by Gasteiger charge is -2.09. The van der Waals surface area contributed by atoms with Crippen LogP contribution in [0.3, 0.4) is 0 Å². The fourth-order valence-electron chi connectivity index (χ4n) is 1.48. The Bertz CT molecular complexity index is 363. The molecule has 0 fully saturated rings. The molecule has 0 radical (unpaired) electrons. The third kappa shape index (κ3) is 3.31. The Morgan fingerprint density at radius 3 is 2.73 bits per heavy atom. The maximum atomic E-state index is 13.1. The molecule has 1 aromatic rings. The van der Waals surface area contributed by atoms with Crippen molar-refractivity contribution in [3.8, 4) is 0 Å². The molecular weight excluding hydrogens is 215 g/mol. The standard InChI is InChI=1S/C12H14ClFO/c1-3-12(15)8(2)6-9-4-5-10(13)11(14)7-9/h4-5,7-8H,3,6H2,1-2H3. The first-order chi connectivity index (χ1) is 7.04. The van der Waals surface area contributed by atoms with Crippen molar-refractivity contribution in [1.82, 2.24) is 0 Å². The van der Waals surface area contributed by atoms with Gasteiger partial charge in [0.2, 0.25) is 0 Å². The van der Waals surface area contributed by atoms with E-state index in [2.05, 4.69) is 0 Å². The van der Waals surface area contributed by atoms with Gasteiger partial charge in [-0.15, -0.1) is 0 Å². The molecule has 0 aliphatic heterocycles. The fourth-order valence-corrected chi connectivity index (χ4v) is 1.60. The zero-order chi connectivity index (χ0) is 11.4. The van der Waals surface area contributed by atoms with Gasteiger partial charge < -0.3 is 0 Å². The lowest BCUT2D eigenvalue weighted by atomic mass is 9.96. The van der Waals surface area contributed by atoms with Crippen LogP contribution in [0, 0.1) is 11.7 Å². The average Bonchev–Trinajstić information content (AvgIpc) is 2.22. The summed E-state index contributed by atoms with van der Waals surface area (Å²) in [4.78, 5) is 11.3. The number of rotatable bonds is 4. The van der Waals surface area contributed by atoms with Crippen molar-refractivity contribution in [1.29, 1.82) is 0 Å². The van der Waals surface area contributed by atoms with E-state index in [9.17, 15) is 9.18 Å². The van der Waals surface area contributed by atoms with E-state index >= 15 is 0 Å². The molecule has 0 spiro atoms. The monoisotopic (exact) mass is 228 g/mol. The van der Waals surface area contributed by atoms with Crippen LogP contribution in [0.1, 0.15) is 25.8 Å². The van der Waals surface area contributed by atoms with Gasteiger partial charge in [0.1, 0.15) is 11.6 Å². The van der Waals surface area contributed by atoms with Crippen LogP contribution in [0.25, 0.3) is 0 Å². The zero-order valence-electron chi connectivity index (χ0n) is 8.89.